The Bertz CT molecular complexity index is 1200. The Hall–Kier alpha value is -2.70. The number of benzene rings is 1. The van der Waals surface area contributed by atoms with Gasteiger partial charge in [0.05, 0.1) is 16.3 Å². The van der Waals surface area contributed by atoms with Gasteiger partial charge in [0, 0.05) is 24.2 Å². The second-order valence-electron chi connectivity index (χ2n) is 6.31. The molecule has 0 spiro atoms. The predicted molar refractivity (Wildman–Crippen MR) is 125 cm³/mol. The van der Waals surface area contributed by atoms with E-state index < -0.39 is 17.7 Å². The van der Waals surface area contributed by atoms with E-state index in [2.05, 4.69) is 26.3 Å². The summed E-state index contributed by atoms with van der Waals surface area (Å²) in [5.41, 5.74) is 5.47. The van der Waals surface area contributed by atoms with E-state index in [-0.39, 0.29) is 22.8 Å². The number of nitrogens with one attached hydrogen (secondary N) is 3. The number of hydrogen-bond acceptors (Lipinski definition) is 5. The van der Waals surface area contributed by atoms with Gasteiger partial charge in [-0.05, 0) is 59.3 Å². The fraction of sp³-hybridized carbons (Fsp3) is 0.105. The van der Waals surface area contributed by atoms with Crippen LogP contribution in [0.15, 0.2) is 36.5 Å². The van der Waals surface area contributed by atoms with Crippen LogP contribution in [-0.2, 0) is 4.79 Å². The summed E-state index contributed by atoms with van der Waals surface area (Å²) in [6.45, 7) is 2.94. The predicted octanol–water partition coefficient (Wildman–Crippen LogP) is 3.52. The van der Waals surface area contributed by atoms with Crippen LogP contribution in [-0.4, -0.2) is 32.5 Å². The van der Waals surface area contributed by atoms with Crippen LogP contribution in [0.2, 0.25) is 10.0 Å². The van der Waals surface area contributed by atoms with Crippen molar-refractivity contribution in [1.29, 1.82) is 0 Å². The molecule has 0 saturated heterocycles. The van der Waals surface area contributed by atoms with Crippen molar-refractivity contribution in [3.63, 3.8) is 0 Å². The number of rotatable bonds is 4. The zero-order valence-corrected chi connectivity index (χ0v) is 19.8. The second kappa shape index (κ2) is 9.62. The van der Waals surface area contributed by atoms with Crippen molar-refractivity contribution < 1.29 is 14.4 Å². The van der Waals surface area contributed by atoms with Gasteiger partial charge in [0.2, 0.25) is 5.91 Å². The van der Waals surface area contributed by atoms with Crippen molar-refractivity contribution in [2.75, 3.05) is 5.32 Å². The quantitative estimate of drug-likeness (QED) is 0.326. The maximum atomic E-state index is 13.1. The van der Waals surface area contributed by atoms with Gasteiger partial charge in [-0.2, -0.15) is 5.10 Å². The lowest BCUT2D eigenvalue weighted by atomic mass is 10.1. The molecule has 2 heterocycles. The molecule has 0 bridgehead atoms. The molecule has 0 unspecified atom stereocenters. The fourth-order valence-electron chi connectivity index (χ4n) is 2.69. The van der Waals surface area contributed by atoms with Gasteiger partial charge >= 0.3 is 0 Å². The average molecular weight is 573 g/mol. The van der Waals surface area contributed by atoms with E-state index in [0.29, 0.717) is 19.3 Å². The van der Waals surface area contributed by atoms with Crippen molar-refractivity contribution >= 4 is 69.2 Å². The van der Waals surface area contributed by atoms with Crippen molar-refractivity contribution in [1.82, 2.24) is 25.6 Å². The summed E-state index contributed by atoms with van der Waals surface area (Å²) in [6.07, 6.45) is 1.53. The molecule has 2 aromatic heterocycles. The normalized spacial score (nSPS) is 10.5. The molecule has 3 amide bonds. The zero-order chi connectivity index (χ0) is 22.7. The molecule has 9 nitrogen and oxygen atoms in total. The molecular formula is C19H15Cl2IN6O3. The Morgan fingerprint density at radius 3 is 2.52 bits per heavy atom. The standard InChI is InChI=1S/C19H15Cl2IN6O3/c1-9-6-11(20)7-12(18(30)26-25-10(2)29)16(9)24-19(31)14-8-15(22)27-28(14)17-13(21)4-3-5-23-17/h3-8H,1-2H3,(H,24,31)(H,25,29)(H,26,30). The highest BCUT2D eigenvalue weighted by Gasteiger charge is 2.22. The Morgan fingerprint density at radius 2 is 1.84 bits per heavy atom. The highest BCUT2D eigenvalue weighted by atomic mass is 127. The second-order valence-corrected chi connectivity index (χ2v) is 8.26. The maximum absolute atomic E-state index is 13.1. The number of pyridine rings is 1. The minimum Gasteiger partial charge on any atom is -0.320 e. The van der Waals surface area contributed by atoms with Crippen LogP contribution in [0.5, 0.6) is 0 Å². The molecule has 0 aliphatic rings. The number of hydrogen-bond donors (Lipinski definition) is 3. The third-order valence-electron chi connectivity index (χ3n) is 3.99. The first-order chi connectivity index (χ1) is 14.7. The van der Waals surface area contributed by atoms with E-state index in [0.717, 1.165) is 0 Å². The molecule has 0 aliphatic heterocycles. The molecule has 0 fully saturated rings. The van der Waals surface area contributed by atoms with Crippen LogP contribution >= 0.6 is 45.8 Å². The van der Waals surface area contributed by atoms with Crippen molar-refractivity contribution in [2.24, 2.45) is 0 Å². The molecule has 160 valence electrons. The zero-order valence-electron chi connectivity index (χ0n) is 16.2. The van der Waals surface area contributed by atoms with Gasteiger partial charge in [-0.1, -0.05) is 23.2 Å². The van der Waals surface area contributed by atoms with E-state index in [1.54, 1.807) is 31.2 Å². The van der Waals surface area contributed by atoms with Gasteiger partial charge in [-0.15, -0.1) is 0 Å². The van der Waals surface area contributed by atoms with Gasteiger partial charge in [0.1, 0.15) is 9.39 Å². The summed E-state index contributed by atoms with van der Waals surface area (Å²) in [6, 6.07) is 7.84. The Morgan fingerprint density at radius 1 is 1.10 bits per heavy atom. The lowest BCUT2D eigenvalue weighted by Gasteiger charge is -2.15. The lowest BCUT2D eigenvalue weighted by molar-refractivity contribution is -0.119. The third-order valence-corrected chi connectivity index (χ3v) is 5.03. The first kappa shape index (κ1) is 23.0. The number of amides is 3. The topological polar surface area (TPSA) is 118 Å². The SMILES string of the molecule is CC(=O)NNC(=O)c1cc(Cl)cc(C)c1NC(=O)c1cc(I)nn1-c1ncccc1Cl. The molecule has 12 heteroatoms. The molecule has 31 heavy (non-hydrogen) atoms. The van der Waals surface area contributed by atoms with Gasteiger partial charge < -0.3 is 5.32 Å². The summed E-state index contributed by atoms with van der Waals surface area (Å²) in [5.74, 6) is -1.36. The minimum atomic E-state index is -0.646. The molecule has 3 rings (SSSR count). The number of nitrogens with zero attached hydrogens (tertiary/aromatic N) is 3. The summed E-state index contributed by atoms with van der Waals surface area (Å²) >= 11 is 14.3. The number of carbonyl (C=O) groups excluding carboxylic acids is 3. The van der Waals surface area contributed by atoms with E-state index in [1.807, 2.05) is 22.6 Å². The van der Waals surface area contributed by atoms with E-state index in [1.165, 1.54) is 23.9 Å². The van der Waals surface area contributed by atoms with E-state index >= 15 is 0 Å². The number of anilines is 1. The third kappa shape index (κ3) is 5.32. The highest BCUT2D eigenvalue weighted by molar-refractivity contribution is 14.1. The number of halogens is 3. The first-order valence-corrected chi connectivity index (χ1v) is 10.6. The van der Waals surface area contributed by atoms with Crippen LogP contribution in [0.1, 0.15) is 33.3 Å². The number of aryl methyl sites for hydroxylation is 1. The van der Waals surface area contributed by atoms with Gasteiger partial charge in [-0.25, -0.2) is 9.67 Å². The number of aromatic nitrogens is 3. The van der Waals surface area contributed by atoms with Gasteiger partial charge in [0.25, 0.3) is 11.8 Å². The van der Waals surface area contributed by atoms with Crippen LogP contribution in [0.3, 0.4) is 0 Å². The molecule has 0 saturated carbocycles. The fourth-order valence-corrected chi connectivity index (χ4v) is 3.67. The van der Waals surface area contributed by atoms with Crippen molar-refractivity contribution in [2.45, 2.75) is 13.8 Å². The highest BCUT2D eigenvalue weighted by Crippen LogP contribution is 2.27. The van der Waals surface area contributed by atoms with Crippen LogP contribution < -0.4 is 16.2 Å². The summed E-state index contributed by atoms with van der Waals surface area (Å²) in [4.78, 5) is 41.0. The maximum Gasteiger partial charge on any atom is 0.274 e. The van der Waals surface area contributed by atoms with E-state index in [9.17, 15) is 14.4 Å². The van der Waals surface area contributed by atoms with Crippen molar-refractivity contribution in [3.05, 3.63) is 67.1 Å². The van der Waals surface area contributed by atoms with Crippen LogP contribution in [0.4, 0.5) is 5.69 Å². The largest absolute Gasteiger partial charge is 0.320 e. The molecule has 0 aliphatic carbocycles. The Balaban J connectivity index is 1.99. The van der Waals surface area contributed by atoms with Crippen LogP contribution in [0.25, 0.3) is 5.82 Å². The Kier molecular flexibility index (Phi) is 7.13. The Labute approximate surface area is 200 Å². The number of carbonyl (C=O) groups is 3. The van der Waals surface area contributed by atoms with Crippen LogP contribution in [0, 0.1) is 10.6 Å². The summed E-state index contributed by atoms with van der Waals surface area (Å²) < 4.78 is 1.86. The average Bonchev–Trinajstić information content (AvgIpc) is 3.09. The molecule has 3 aromatic rings. The monoisotopic (exact) mass is 572 g/mol. The summed E-state index contributed by atoms with van der Waals surface area (Å²) in [5, 5.41) is 7.63. The molecule has 1 aromatic carbocycles. The lowest BCUT2D eigenvalue weighted by Crippen LogP contribution is -2.40. The van der Waals surface area contributed by atoms with Gasteiger partial charge in [0.15, 0.2) is 5.82 Å². The smallest absolute Gasteiger partial charge is 0.274 e. The molecular weight excluding hydrogens is 558 g/mol. The molecule has 3 N–H and O–H groups in total. The number of hydrazine groups is 1. The molecule has 0 atom stereocenters. The van der Waals surface area contributed by atoms with E-state index in [4.69, 9.17) is 23.2 Å². The molecule has 0 radical (unpaired) electrons. The first-order valence-electron chi connectivity index (χ1n) is 8.72. The van der Waals surface area contributed by atoms with Gasteiger partial charge in [-0.3, -0.25) is 25.2 Å². The summed E-state index contributed by atoms with van der Waals surface area (Å²) in [7, 11) is 0. The minimum absolute atomic E-state index is 0.0729. The van der Waals surface area contributed by atoms with Crippen molar-refractivity contribution in [3.8, 4) is 5.82 Å².